The Morgan fingerprint density at radius 2 is 1.62 bits per heavy atom. The number of ether oxygens (including phenoxy) is 3. The molecule has 0 radical (unpaired) electrons. The predicted molar refractivity (Wildman–Crippen MR) is 48.1 cm³/mol. The summed E-state index contributed by atoms with van der Waals surface area (Å²) in [4.78, 5) is 0. The molecule has 0 aliphatic heterocycles. The molecule has 0 bridgehead atoms. The molecule has 4 nitrogen and oxygen atoms in total. The van der Waals surface area contributed by atoms with Crippen LogP contribution in [-0.4, -0.2) is 32.2 Å². The first kappa shape index (κ1) is 12.4. The van der Waals surface area contributed by atoms with Gasteiger partial charge in [-0.1, -0.05) is 0 Å². The van der Waals surface area contributed by atoms with E-state index in [0.717, 1.165) is 0 Å². The van der Waals surface area contributed by atoms with Gasteiger partial charge in [-0.25, -0.2) is 0 Å². The standard InChI is InChI=1S/C9H17NO3/c1-4-11-8-9(7-10,12-5-2)13-6-3/h4-6,8H2,1-3H3. The molecule has 0 aromatic heterocycles. The van der Waals surface area contributed by atoms with Gasteiger partial charge in [0, 0.05) is 19.8 Å². The summed E-state index contributed by atoms with van der Waals surface area (Å²) in [6.45, 7) is 7.06. The second kappa shape index (κ2) is 6.84. The lowest BCUT2D eigenvalue weighted by Crippen LogP contribution is -2.39. The van der Waals surface area contributed by atoms with E-state index in [0.29, 0.717) is 19.8 Å². The molecule has 76 valence electrons. The van der Waals surface area contributed by atoms with Crippen molar-refractivity contribution in [3.05, 3.63) is 0 Å². The van der Waals surface area contributed by atoms with Crippen molar-refractivity contribution in [1.29, 1.82) is 5.26 Å². The number of nitriles is 1. The molecule has 0 aromatic rings. The number of rotatable bonds is 7. The van der Waals surface area contributed by atoms with Crippen LogP contribution in [0.1, 0.15) is 20.8 Å². The SMILES string of the molecule is CCOCC(C#N)(OCC)OCC. The van der Waals surface area contributed by atoms with Crippen molar-refractivity contribution in [3.63, 3.8) is 0 Å². The van der Waals surface area contributed by atoms with E-state index in [9.17, 15) is 0 Å². The summed E-state index contributed by atoms with van der Waals surface area (Å²) < 4.78 is 15.5. The fraction of sp³-hybridized carbons (Fsp3) is 0.889. The average Bonchev–Trinajstić information content (AvgIpc) is 2.15. The highest BCUT2D eigenvalue weighted by molar-refractivity contribution is 4.94. The summed E-state index contributed by atoms with van der Waals surface area (Å²) >= 11 is 0. The van der Waals surface area contributed by atoms with Crippen LogP contribution >= 0.6 is 0 Å². The predicted octanol–water partition coefficient (Wildman–Crippen LogP) is 1.32. The van der Waals surface area contributed by atoms with Crippen molar-refractivity contribution in [2.24, 2.45) is 0 Å². The summed E-state index contributed by atoms with van der Waals surface area (Å²) in [7, 11) is 0. The second-order valence-electron chi connectivity index (χ2n) is 2.37. The maximum absolute atomic E-state index is 8.89. The van der Waals surface area contributed by atoms with Crippen LogP contribution in [0.3, 0.4) is 0 Å². The molecule has 0 saturated carbocycles. The van der Waals surface area contributed by atoms with Crippen molar-refractivity contribution in [2.75, 3.05) is 26.4 Å². The van der Waals surface area contributed by atoms with Gasteiger partial charge in [0.05, 0.1) is 0 Å². The topological polar surface area (TPSA) is 51.5 Å². The maximum Gasteiger partial charge on any atom is 0.283 e. The molecule has 0 rings (SSSR count). The van der Waals surface area contributed by atoms with Gasteiger partial charge >= 0.3 is 0 Å². The molecular formula is C9H17NO3. The molecule has 0 saturated heterocycles. The molecule has 0 fully saturated rings. The second-order valence-corrected chi connectivity index (χ2v) is 2.37. The van der Waals surface area contributed by atoms with E-state index in [4.69, 9.17) is 19.5 Å². The summed E-state index contributed by atoms with van der Waals surface area (Å²) in [5, 5.41) is 8.89. The van der Waals surface area contributed by atoms with Crippen LogP contribution in [0, 0.1) is 11.3 Å². The van der Waals surface area contributed by atoms with Gasteiger partial charge in [0.2, 0.25) is 0 Å². The van der Waals surface area contributed by atoms with Gasteiger partial charge in [-0.05, 0) is 20.8 Å². The molecular weight excluding hydrogens is 170 g/mol. The Morgan fingerprint density at radius 1 is 1.08 bits per heavy atom. The third kappa shape index (κ3) is 4.23. The average molecular weight is 187 g/mol. The smallest absolute Gasteiger partial charge is 0.283 e. The van der Waals surface area contributed by atoms with Gasteiger partial charge in [0.25, 0.3) is 5.79 Å². The van der Waals surface area contributed by atoms with Crippen molar-refractivity contribution < 1.29 is 14.2 Å². The molecule has 13 heavy (non-hydrogen) atoms. The van der Waals surface area contributed by atoms with E-state index in [2.05, 4.69) is 0 Å². The van der Waals surface area contributed by atoms with E-state index < -0.39 is 5.79 Å². The number of nitrogens with zero attached hydrogens (tertiary/aromatic N) is 1. The van der Waals surface area contributed by atoms with Crippen LogP contribution in [0.25, 0.3) is 0 Å². The third-order valence-corrected chi connectivity index (χ3v) is 1.42. The Labute approximate surface area is 79.4 Å². The molecule has 0 unspecified atom stereocenters. The van der Waals surface area contributed by atoms with Gasteiger partial charge in [-0.3, -0.25) is 0 Å². The number of hydrogen-bond donors (Lipinski definition) is 0. The fourth-order valence-corrected chi connectivity index (χ4v) is 0.925. The molecule has 0 N–H and O–H groups in total. The zero-order chi connectivity index (χ0) is 10.2. The highest BCUT2D eigenvalue weighted by atomic mass is 16.7. The van der Waals surface area contributed by atoms with Crippen LogP contribution in [0.4, 0.5) is 0 Å². The summed E-state index contributed by atoms with van der Waals surface area (Å²) in [6.07, 6.45) is 0. The Balaban J connectivity index is 4.18. The molecule has 0 atom stereocenters. The first-order chi connectivity index (χ1) is 6.24. The molecule has 0 aromatic carbocycles. The Kier molecular flexibility index (Phi) is 6.51. The Morgan fingerprint density at radius 3 is 1.92 bits per heavy atom. The van der Waals surface area contributed by atoms with Crippen LogP contribution in [0.2, 0.25) is 0 Å². The van der Waals surface area contributed by atoms with Crippen LogP contribution in [0.5, 0.6) is 0 Å². The summed E-state index contributed by atoms with van der Waals surface area (Å²) in [5.41, 5.74) is 0. The number of hydrogen-bond acceptors (Lipinski definition) is 4. The Hall–Kier alpha value is -0.630. The van der Waals surface area contributed by atoms with Crippen molar-refractivity contribution in [1.82, 2.24) is 0 Å². The quantitative estimate of drug-likeness (QED) is 0.564. The molecule has 0 amide bonds. The van der Waals surface area contributed by atoms with Gasteiger partial charge < -0.3 is 14.2 Å². The van der Waals surface area contributed by atoms with E-state index in [1.54, 1.807) is 0 Å². The lowest BCUT2D eigenvalue weighted by Gasteiger charge is -2.25. The minimum absolute atomic E-state index is 0.154. The lowest BCUT2D eigenvalue weighted by atomic mass is 10.3. The summed E-state index contributed by atoms with van der Waals surface area (Å²) in [5.74, 6) is -1.22. The van der Waals surface area contributed by atoms with Crippen molar-refractivity contribution in [2.45, 2.75) is 26.6 Å². The first-order valence-corrected chi connectivity index (χ1v) is 4.51. The van der Waals surface area contributed by atoms with Gasteiger partial charge in [0.1, 0.15) is 12.7 Å². The molecule has 0 aliphatic carbocycles. The van der Waals surface area contributed by atoms with E-state index in [-0.39, 0.29) is 6.61 Å². The zero-order valence-electron chi connectivity index (χ0n) is 8.50. The largest absolute Gasteiger partial charge is 0.375 e. The van der Waals surface area contributed by atoms with Crippen molar-refractivity contribution in [3.8, 4) is 6.07 Å². The van der Waals surface area contributed by atoms with E-state index in [1.165, 1.54) is 0 Å². The summed E-state index contributed by atoms with van der Waals surface area (Å²) in [6, 6.07) is 1.98. The Bertz CT molecular complexity index is 159. The van der Waals surface area contributed by atoms with Crippen LogP contribution < -0.4 is 0 Å². The first-order valence-electron chi connectivity index (χ1n) is 4.51. The van der Waals surface area contributed by atoms with Crippen LogP contribution in [0.15, 0.2) is 0 Å². The third-order valence-electron chi connectivity index (χ3n) is 1.42. The molecule has 0 aliphatic rings. The van der Waals surface area contributed by atoms with Gasteiger partial charge in [-0.2, -0.15) is 5.26 Å². The van der Waals surface area contributed by atoms with E-state index in [1.807, 2.05) is 26.8 Å². The van der Waals surface area contributed by atoms with Gasteiger partial charge in [-0.15, -0.1) is 0 Å². The lowest BCUT2D eigenvalue weighted by molar-refractivity contribution is -0.220. The molecule has 0 spiro atoms. The minimum atomic E-state index is -1.22. The monoisotopic (exact) mass is 187 g/mol. The zero-order valence-corrected chi connectivity index (χ0v) is 8.50. The van der Waals surface area contributed by atoms with Gasteiger partial charge in [0.15, 0.2) is 0 Å². The van der Waals surface area contributed by atoms with Crippen molar-refractivity contribution >= 4 is 0 Å². The fourth-order valence-electron chi connectivity index (χ4n) is 0.925. The minimum Gasteiger partial charge on any atom is -0.375 e. The van der Waals surface area contributed by atoms with E-state index >= 15 is 0 Å². The normalized spacial score (nSPS) is 11.2. The molecule has 4 heteroatoms. The highest BCUT2D eigenvalue weighted by Crippen LogP contribution is 2.12. The molecule has 0 heterocycles. The maximum atomic E-state index is 8.89. The van der Waals surface area contributed by atoms with Crippen LogP contribution in [-0.2, 0) is 14.2 Å². The highest BCUT2D eigenvalue weighted by Gasteiger charge is 2.31.